The van der Waals surface area contributed by atoms with Crippen molar-refractivity contribution < 1.29 is 9.53 Å². The molecule has 0 aromatic rings. The third-order valence-corrected chi connectivity index (χ3v) is 4.81. The number of carbonyl (C=O) groups is 1. The minimum absolute atomic E-state index is 0. The molecule has 1 N–H and O–H groups in total. The molecule has 0 aliphatic carbocycles. The van der Waals surface area contributed by atoms with Gasteiger partial charge in [-0.1, -0.05) is 0 Å². The van der Waals surface area contributed by atoms with Gasteiger partial charge in [0.25, 0.3) is 0 Å². The summed E-state index contributed by atoms with van der Waals surface area (Å²) < 4.78 is 5.60. The van der Waals surface area contributed by atoms with Crippen LogP contribution in [0, 0.1) is 5.92 Å². The van der Waals surface area contributed by atoms with Crippen molar-refractivity contribution in [1.29, 1.82) is 0 Å². The van der Waals surface area contributed by atoms with Crippen molar-refractivity contribution in [2.24, 2.45) is 5.92 Å². The van der Waals surface area contributed by atoms with Crippen LogP contribution in [0.1, 0.15) is 39.5 Å². The van der Waals surface area contributed by atoms with Gasteiger partial charge in [-0.25, -0.2) is 0 Å². The van der Waals surface area contributed by atoms with Gasteiger partial charge in [0.15, 0.2) is 0 Å². The van der Waals surface area contributed by atoms with Crippen molar-refractivity contribution in [3.63, 3.8) is 0 Å². The SMILES string of the molecule is CC(C)OCCN1CCN(C(=O)CCC2CCNCC2)CC1.Cl.Cl. The van der Waals surface area contributed by atoms with Crippen molar-refractivity contribution >= 4 is 30.7 Å². The van der Waals surface area contributed by atoms with Crippen LogP contribution in [0.25, 0.3) is 0 Å². The number of ether oxygens (including phenoxy) is 1. The fourth-order valence-electron chi connectivity index (χ4n) is 3.29. The van der Waals surface area contributed by atoms with Crippen LogP contribution in [0.4, 0.5) is 0 Å². The van der Waals surface area contributed by atoms with Gasteiger partial charge >= 0.3 is 0 Å². The van der Waals surface area contributed by atoms with Crippen molar-refractivity contribution in [2.45, 2.75) is 45.6 Å². The fourth-order valence-corrected chi connectivity index (χ4v) is 3.29. The highest BCUT2D eigenvalue weighted by Crippen LogP contribution is 2.18. The predicted octanol–water partition coefficient (Wildman–Crippen LogP) is 2.18. The Morgan fingerprint density at radius 1 is 1.12 bits per heavy atom. The van der Waals surface area contributed by atoms with E-state index in [-0.39, 0.29) is 24.8 Å². The molecule has 2 rings (SSSR count). The van der Waals surface area contributed by atoms with Crippen LogP contribution >= 0.6 is 24.8 Å². The molecule has 7 heteroatoms. The highest BCUT2D eigenvalue weighted by atomic mass is 35.5. The zero-order valence-corrected chi connectivity index (χ0v) is 16.8. The molecule has 0 bridgehead atoms. The first-order chi connectivity index (χ1) is 10.6. The Hall–Kier alpha value is -0.0700. The average molecular weight is 384 g/mol. The number of piperidine rings is 1. The van der Waals surface area contributed by atoms with Crippen LogP contribution in [0.5, 0.6) is 0 Å². The smallest absolute Gasteiger partial charge is 0.222 e. The maximum atomic E-state index is 12.3. The van der Waals surface area contributed by atoms with E-state index in [1.165, 1.54) is 12.8 Å². The van der Waals surface area contributed by atoms with E-state index in [9.17, 15) is 4.79 Å². The van der Waals surface area contributed by atoms with Crippen LogP contribution < -0.4 is 5.32 Å². The molecular weight excluding hydrogens is 349 g/mol. The summed E-state index contributed by atoms with van der Waals surface area (Å²) in [5.41, 5.74) is 0. The highest BCUT2D eigenvalue weighted by molar-refractivity contribution is 5.85. The number of hydrogen-bond donors (Lipinski definition) is 1. The second kappa shape index (κ2) is 13.2. The molecule has 0 saturated carbocycles. The summed E-state index contributed by atoms with van der Waals surface area (Å²) in [6, 6.07) is 0. The van der Waals surface area contributed by atoms with E-state index >= 15 is 0 Å². The first-order valence-corrected chi connectivity index (χ1v) is 8.97. The van der Waals surface area contributed by atoms with E-state index in [0.29, 0.717) is 12.0 Å². The van der Waals surface area contributed by atoms with Gasteiger partial charge < -0.3 is 15.0 Å². The van der Waals surface area contributed by atoms with Crippen LogP contribution in [0.2, 0.25) is 0 Å². The number of carbonyl (C=O) groups excluding carboxylic acids is 1. The van der Waals surface area contributed by atoms with Gasteiger partial charge in [-0.3, -0.25) is 9.69 Å². The monoisotopic (exact) mass is 383 g/mol. The van der Waals surface area contributed by atoms with E-state index in [1.54, 1.807) is 0 Å². The summed E-state index contributed by atoms with van der Waals surface area (Å²) in [6.45, 7) is 11.9. The lowest BCUT2D eigenvalue weighted by Crippen LogP contribution is -2.49. The second-order valence-corrected chi connectivity index (χ2v) is 6.87. The first kappa shape index (κ1) is 23.9. The molecule has 0 radical (unpaired) electrons. The van der Waals surface area contributed by atoms with E-state index in [2.05, 4.69) is 29.0 Å². The average Bonchev–Trinajstić information content (AvgIpc) is 2.54. The summed E-state index contributed by atoms with van der Waals surface area (Å²) in [6.07, 6.45) is 4.58. The largest absolute Gasteiger partial charge is 0.377 e. The Morgan fingerprint density at radius 2 is 1.75 bits per heavy atom. The maximum Gasteiger partial charge on any atom is 0.222 e. The fraction of sp³-hybridized carbons (Fsp3) is 0.941. The molecule has 1 amide bonds. The Kier molecular flexibility index (Phi) is 13.1. The van der Waals surface area contributed by atoms with Gasteiger partial charge in [0.05, 0.1) is 12.7 Å². The lowest BCUT2D eigenvalue weighted by molar-refractivity contribution is -0.133. The molecule has 0 atom stereocenters. The quantitative estimate of drug-likeness (QED) is 0.731. The van der Waals surface area contributed by atoms with Gasteiger partial charge in [-0.15, -0.1) is 24.8 Å². The lowest BCUT2D eigenvalue weighted by Gasteiger charge is -2.35. The molecule has 5 nitrogen and oxygen atoms in total. The van der Waals surface area contributed by atoms with Gasteiger partial charge in [0, 0.05) is 39.1 Å². The number of piperazine rings is 1. The molecular formula is C17H35Cl2N3O2. The molecule has 2 aliphatic rings. The normalized spacial score (nSPS) is 19.7. The van der Waals surface area contributed by atoms with Crippen LogP contribution in [-0.2, 0) is 9.53 Å². The van der Waals surface area contributed by atoms with Gasteiger partial charge in [-0.2, -0.15) is 0 Å². The molecule has 0 aromatic carbocycles. The third kappa shape index (κ3) is 8.86. The topological polar surface area (TPSA) is 44.8 Å². The van der Waals surface area contributed by atoms with Crippen LogP contribution in [0.15, 0.2) is 0 Å². The van der Waals surface area contributed by atoms with Crippen molar-refractivity contribution in [3.8, 4) is 0 Å². The van der Waals surface area contributed by atoms with E-state index in [4.69, 9.17) is 4.74 Å². The summed E-state index contributed by atoms with van der Waals surface area (Å²) in [5, 5.41) is 3.38. The Morgan fingerprint density at radius 3 is 2.33 bits per heavy atom. The molecule has 2 saturated heterocycles. The zero-order chi connectivity index (χ0) is 15.8. The van der Waals surface area contributed by atoms with Gasteiger partial charge in [0.1, 0.15) is 0 Å². The number of hydrogen-bond acceptors (Lipinski definition) is 4. The zero-order valence-electron chi connectivity index (χ0n) is 15.2. The highest BCUT2D eigenvalue weighted by Gasteiger charge is 2.22. The second-order valence-electron chi connectivity index (χ2n) is 6.87. The molecule has 0 spiro atoms. The van der Waals surface area contributed by atoms with Crippen molar-refractivity contribution in [3.05, 3.63) is 0 Å². The van der Waals surface area contributed by atoms with E-state index < -0.39 is 0 Å². The summed E-state index contributed by atoms with van der Waals surface area (Å²) in [4.78, 5) is 16.8. The summed E-state index contributed by atoms with van der Waals surface area (Å²) in [5.74, 6) is 1.11. The first-order valence-electron chi connectivity index (χ1n) is 8.97. The molecule has 24 heavy (non-hydrogen) atoms. The standard InChI is InChI=1S/C17H33N3O2.2ClH/c1-15(2)22-14-13-19-9-11-20(12-10-19)17(21)4-3-16-5-7-18-8-6-16;;/h15-16,18H,3-14H2,1-2H3;2*1H. The molecule has 2 heterocycles. The Balaban J connectivity index is 0.00000264. The summed E-state index contributed by atoms with van der Waals surface area (Å²) >= 11 is 0. The number of amides is 1. The maximum absolute atomic E-state index is 12.3. The lowest BCUT2D eigenvalue weighted by atomic mass is 9.93. The predicted molar refractivity (Wildman–Crippen MR) is 103 cm³/mol. The Bertz CT molecular complexity index is 332. The molecule has 2 fully saturated rings. The van der Waals surface area contributed by atoms with Crippen LogP contribution in [0.3, 0.4) is 0 Å². The molecule has 0 unspecified atom stereocenters. The van der Waals surface area contributed by atoms with Gasteiger partial charge in [0.2, 0.25) is 5.91 Å². The third-order valence-electron chi connectivity index (χ3n) is 4.81. The molecule has 144 valence electrons. The van der Waals surface area contributed by atoms with Crippen LogP contribution in [-0.4, -0.2) is 74.2 Å². The molecule has 0 aromatic heterocycles. The number of nitrogens with zero attached hydrogens (tertiary/aromatic N) is 2. The minimum Gasteiger partial charge on any atom is -0.377 e. The van der Waals surface area contributed by atoms with Gasteiger partial charge in [-0.05, 0) is 52.1 Å². The summed E-state index contributed by atoms with van der Waals surface area (Å²) in [7, 11) is 0. The van der Waals surface area contributed by atoms with E-state index in [1.807, 2.05) is 0 Å². The van der Waals surface area contributed by atoms with Crippen molar-refractivity contribution in [1.82, 2.24) is 15.1 Å². The molecule has 2 aliphatic heterocycles. The number of rotatable bonds is 7. The number of nitrogens with one attached hydrogen (secondary N) is 1. The minimum atomic E-state index is 0. The number of halogens is 2. The Labute approximate surface area is 159 Å². The van der Waals surface area contributed by atoms with Crippen molar-refractivity contribution in [2.75, 3.05) is 52.4 Å². The van der Waals surface area contributed by atoms with E-state index in [0.717, 1.165) is 71.2 Å².